The van der Waals surface area contributed by atoms with Crippen LogP contribution in [0.4, 0.5) is 0 Å². The highest BCUT2D eigenvalue weighted by Gasteiger charge is 2.11. The molecule has 0 spiro atoms. The molecule has 0 atom stereocenters. The molecule has 0 aliphatic carbocycles. The number of hydrogen-bond acceptors (Lipinski definition) is 3. The molecule has 1 aromatic rings. The molecular formula is C12H13O3. The molecule has 0 amide bonds. The maximum Gasteiger partial charge on any atom is 0.341 e. The molecule has 0 bridgehead atoms. The largest absolute Gasteiger partial charge is 0.489 e. The Bertz CT molecular complexity index is 356. The van der Waals surface area contributed by atoms with Gasteiger partial charge in [0.05, 0.1) is 7.11 Å². The third-order valence-electron chi connectivity index (χ3n) is 1.80. The zero-order valence-corrected chi connectivity index (χ0v) is 8.82. The number of ether oxygens (including phenoxy) is 2. The van der Waals surface area contributed by atoms with Gasteiger partial charge in [-0.2, -0.15) is 0 Å². The standard InChI is InChI=1S/C12H13O3/c1-3-4-9-15-11-8-6-5-7-10(11)12(13)14-2/h3-4,6-8H,9H2,1-2H3/b4-3+. The topological polar surface area (TPSA) is 35.5 Å². The Labute approximate surface area is 89.3 Å². The van der Waals surface area contributed by atoms with Gasteiger partial charge in [-0.1, -0.05) is 18.2 Å². The van der Waals surface area contributed by atoms with Crippen molar-refractivity contribution in [3.8, 4) is 5.75 Å². The highest BCUT2D eigenvalue weighted by Crippen LogP contribution is 2.18. The lowest BCUT2D eigenvalue weighted by molar-refractivity contribution is 0.0596. The van der Waals surface area contributed by atoms with E-state index in [0.29, 0.717) is 17.9 Å². The van der Waals surface area contributed by atoms with E-state index in [2.05, 4.69) is 10.8 Å². The van der Waals surface area contributed by atoms with E-state index in [1.807, 2.05) is 19.1 Å². The molecule has 0 N–H and O–H groups in total. The smallest absolute Gasteiger partial charge is 0.341 e. The fourth-order valence-electron chi connectivity index (χ4n) is 1.05. The summed E-state index contributed by atoms with van der Waals surface area (Å²) in [7, 11) is 1.34. The van der Waals surface area contributed by atoms with Gasteiger partial charge in [0.2, 0.25) is 0 Å². The molecule has 3 nitrogen and oxygen atoms in total. The Balaban J connectivity index is 2.81. The predicted octanol–water partition coefficient (Wildman–Crippen LogP) is 2.23. The minimum atomic E-state index is -0.415. The fourth-order valence-corrected chi connectivity index (χ4v) is 1.05. The number of benzene rings is 1. The Morgan fingerprint density at radius 2 is 2.40 bits per heavy atom. The number of methoxy groups -OCH3 is 1. The van der Waals surface area contributed by atoms with Gasteiger partial charge in [0.1, 0.15) is 17.9 Å². The maximum absolute atomic E-state index is 11.3. The molecule has 0 aliphatic heterocycles. The predicted molar refractivity (Wildman–Crippen MR) is 56.9 cm³/mol. The molecule has 1 rings (SSSR count). The van der Waals surface area contributed by atoms with Gasteiger partial charge < -0.3 is 9.47 Å². The van der Waals surface area contributed by atoms with Gasteiger partial charge in [-0.25, -0.2) is 4.79 Å². The first-order valence-corrected chi connectivity index (χ1v) is 4.62. The molecule has 0 unspecified atom stereocenters. The van der Waals surface area contributed by atoms with Crippen molar-refractivity contribution < 1.29 is 14.3 Å². The second kappa shape index (κ2) is 5.86. The van der Waals surface area contributed by atoms with Gasteiger partial charge in [0, 0.05) is 0 Å². The van der Waals surface area contributed by atoms with Crippen LogP contribution in [-0.2, 0) is 4.74 Å². The van der Waals surface area contributed by atoms with Gasteiger partial charge in [-0.3, -0.25) is 0 Å². The van der Waals surface area contributed by atoms with Gasteiger partial charge in [0.25, 0.3) is 0 Å². The average Bonchev–Trinajstić information content (AvgIpc) is 2.29. The lowest BCUT2D eigenvalue weighted by atomic mass is 10.2. The number of esters is 1. The number of carbonyl (C=O) groups excluding carboxylic acids is 1. The van der Waals surface area contributed by atoms with Crippen LogP contribution in [0.5, 0.6) is 5.75 Å². The molecule has 1 aromatic carbocycles. The van der Waals surface area contributed by atoms with E-state index in [9.17, 15) is 4.79 Å². The summed E-state index contributed by atoms with van der Waals surface area (Å²) in [6.45, 7) is 2.34. The molecule has 0 saturated carbocycles. The van der Waals surface area contributed by atoms with Crippen LogP contribution in [0, 0.1) is 6.07 Å². The van der Waals surface area contributed by atoms with Gasteiger partial charge in [-0.05, 0) is 25.1 Å². The molecule has 0 aromatic heterocycles. The lowest BCUT2D eigenvalue weighted by Crippen LogP contribution is -2.05. The van der Waals surface area contributed by atoms with E-state index < -0.39 is 5.97 Å². The van der Waals surface area contributed by atoms with Crippen molar-refractivity contribution in [3.63, 3.8) is 0 Å². The van der Waals surface area contributed by atoms with Crippen LogP contribution < -0.4 is 4.74 Å². The van der Waals surface area contributed by atoms with Crippen molar-refractivity contribution >= 4 is 5.97 Å². The summed E-state index contributed by atoms with van der Waals surface area (Å²) in [5.74, 6) is 0.0982. The van der Waals surface area contributed by atoms with Gasteiger partial charge >= 0.3 is 5.97 Å². The number of hydrogen-bond donors (Lipinski definition) is 0. The van der Waals surface area contributed by atoms with E-state index in [0.717, 1.165) is 0 Å². The van der Waals surface area contributed by atoms with Crippen molar-refractivity contribution in [2.24, 2.45) is 0 Å². The Hall–Kier alpha value is -1.77. The third-order valence-corrected chi connectivity index (χ3v) is 1.80. The van der Waals surface area contributed by atoms with E-state index in [-0.39, 0.29) is 0 Å². The van der Waals surface area contributed by atoms with E-state index >= 15 is 0 Å². The van der Waals surface area contributed by atoms with E-state index in [1.165, 1.54) is 7.11 Å². The summed E-state index contributed by atoms with van der Waals surface area (Å²) in [6, 6.07) is 7.74. The van der Waals surface area contributed by atoms with Crippen LogP contribution in [0.3, 0.4) is 0 Å². The zero-order valence-electron chi connectivity index (χ0n) is 8.82. The van der Waals surface area contributed by atoms with Crippen molar-refractivity contribution in [1.29, 1.82) is 0 Å². The summed E-state index contributed by atoms with van der Waals surface area (Å²) >= 11 is 0. The first-order chi connectivity index (χ1) is 7.29. The van der Waals surface area contributed by atoms with Gasteiger partial charge in [0.15, 0.2) is 0 Å². The third kappa shape index (κ3) is 3.13. The number of rotatable bonds is 4. The average molecular weight is 205 g/mol. The van der Waals surface area contributed by atoms with Gasteiger partial charge in [-0.15, -0.1) is 0 Å². The van der Waals surface area contributed by atoms with Crippen LogP contribution in [0.2, 0.25) is 0 Å². The normalized spacial score (nSPS) is 10.3. The highest BCUT2D eigenvalue weighted by molar-refractivity contribution is 5.92. The maximum atomic E-state index is 11.3. The summed E-state index contributed by atoms with van der Waals surface area (Å²) in [6.07, 6.45) is 3.74. The van der Waals surface area contributed by atoms with Crippen molar-refractivity contribution in [2.75, 3.05) is 13.7 Å². The van der Waals surface area contributed by atoms with Crippen molar-refractivity contribution in [1.82, 2.24) is 0 Å². The van der Waals surface area contributed by atoms with Crippen LogP contribution in [-0.4, -0.2) is 19.7 Å². The number of allylic oxidation sites excluding steroid dienone is 1. The summed E-state index contributed by atoms with van der Waals surface area (Å²) in [5, 5.41) is 0. The van der Waals surface area contributed by atoms with Crippen LogP contribution in [0.15, 0.2) is 30.4 Å². The molecule has 0 heterocycles. The van der Waals surface area contributed by atoms with Crippen molar-refractivity contribution in [3.05, 3.63) is 42.0 Å². The molecule has 3 heteroatoms. The van der Waals surface area contributed by atoms with Crippen LogP contribution in [0.25, 0.3) is 0 Å². The monoisotopic (exact) mass is 205 g/mol. The first kappa shape index (κ1) is 11.3. The second-order valence-corrected chi connectivity index (χ2v) is 2.79. The zero-order chi connectivity index (χ0) is 11.1. The summed E-state index contributed by atoms with van der Waals surface area (Å²) in [5.41, 5.74) is 0.393. The quantitative estimate of drug-likeness (QED) is 0.558. The molecule has 79 valence electrons. The van der Waals surface area contributed by atoms with Crippen molar-refractivity contribution in [2.45, 2.75) is 6.92 Å². The van der Waals surface area contributed by atoms with E-state index in [1.54, 1.807) is 18.2 Å². The second-order valence-electron chi connectivity index (χ2n) is 2.79. The number of carbonyl (C=O) groups is 1. The summed E-state index contributed by atoms with van der Waals surface area (Å²) in [4.78, 5) is 11.3. The molecule has 0 fully saturated rings. The summed E-state index contributed by atoms with van der Waals surface area (Å²) < 4.78 is 10.0. The molecule has 0 aliphatic rings. The molecule has 15 heavy (non-hydrogen) atoms. The Morgan fingerprint density at radius 3 is 3.07 bits per heavy atom. The SMILES string of the molecule is C/C=C/COc1cc[c]cc1C(=O)OC. The lowest BCUT2D eigenvalue weighted by Gasteiger charge is -2.07. The molecule has 0 saturated heterocycles. The minimum Gasteiger partial charge on any atom is -0.489 e. The Morgan fingerprint density at radius 1 is 1.60 bits per heavy atom. The van der Waals surface area contributed by atoms with Crippen LogP contribution >= 0.6 is 0 Å². The Kier molecular flexibility index (Phi) is 4.41. The highest BCUT2D eigenvalue weighted by atomic mass is 16.5. The van der Waals surface area contributed by atoms with E-state index in [4.69, 9.17) is 4.74 Å². The molecular weight excluding hydrogens is 192 g/mol. The fraction of sp³-hybridized carbons (Fsp3) is 0.250. The minimum absolute atomic E-state index is 0.393. The molecule has 1 radical (unpaired) electrons. The van der Waals surface area contributed by atoms with Crippen LogP contribution in [0.1, 0.15) is 17.3 Å². The first-order valence-electron chi connectivity index (χ1n) is 4.62.